The highest BCUT2D eigenvalue weighted by atomic mass is 35.5. The van der Waals surface area contributed by atoms with Gasteiger partial charge in [-0.1, -0.05) is 18.5 Å². The summed E-state index contributed by atoms with van der Waals surface area (Å²) < 4.78 is 23.1. The highest BCUT2D eigenvalue weighted by molar-refractivity contribution is 7.91. The summed E-state index contributed by atoms with van der Waals surface area (Å²) in [7, 11) is -2.92. The smallest absolute Gasteiger partial charge is 0.152 e. The van der Waals surface area contributed by atoms with Crippen molar-refractivity contribution >= 4 is 27.3 Å². The zero-order valence-electron chi connectivity index (χ0n) is 10.2. The second kappa shape index (κ2) is 5.40. The average molecular weight is 290 g/mol. The Labute approximate surface area is 112 Å². The molecule has 1 aliphatic rings. The molecular formula is C11H16ClN3O2S. The minimum Gasteiger partial charge on any atom is -0.366 e. The van der Waals surface area contributed by atoms with Gasteiger partial charge in [0.15, 0.2) is 9.84 Å². The number of nitrogens with one attached hydrogen (secondary N) is 1. The average Bonchev–Trinajstić information content (AvgIpc) is 2.28. The maximum atomic E-state index is 11.6. The Balaban J connectivity index is 2.17. The first kappa shape index (κ1) is 13.5. The summed E-state index contributed by atoms with van der Waals surface area (Å²) in [5, 5.41) is 3.61. The second-order valence-corrected chi connectivity index (χ2v) is 7.03. The van der Waals surface area contributed by atoms with Crippen LogP contribution in [0.2, 0.25) is 5.15 Å². The van der Waals surface area contributed by atoms with E-state index in [0.29, 0.717) is 23.8 Å². The second-order valence-electron chi connectivity index (χ2n) is 4.44. The Kier molecular flexibility index (Phi) is 4.07. The minimum atomic E-state index is -2.92. The number of halogens is 1. The number of hydrogen-bond donors (Lipinski definition) is 1. The molecule has 1 unspecified atom stereocenters. The van der Waals surface area contributed by atoms with E-state index in [2.05, 4.69) is 15.3 Å². The molecule has 1 aliphatic heterocycles. The van der Waals surface area contributed by atoms with Gasteiger partial charge in [-0.25, -0.2) is 18.4 Å². The number of sulfone groups is 1. The van der Waals surface area contributed by atoms with Gasteiger partial charge in [0.2, 0.25) is 0 Å². The van der Waals surface area contributed by atoms with Gasteiger partial charge in [-0.2, -0.15) is 0 Å². The molecule has 0 radical (unpaired) electrons. The summed E-state index contributed by atoms with van der Waals surface area (Å²) in [6.07, 6.45) is 3.63. The van der Waals surface area contributed by atoms with Gasteiger partial charge < -0.3 is 5.32 Å². The van der Waals surface area contributed by atoms with E-state index in [9.17, 15) is 8.42 Å². The first-order chi connectivity index (χ1) is 8.52. The van der Waals surface area contributed by atoms with Crippen molar-refractivity contribution in [2.24, 2.45) is 0 Å². The quantitative estimate of drug-likeness (QED) is 0.857. The summed E-state index contributed by atoms with van der Waals surface area (Å²) in [6.45, 7) is 1.97. The molecule has 7 heteroatoms. The summed E-state index contributed by atoms with van der Waals surface area (Å²) in [4.78, 5) is 8.08. The van der Waals surface area contributed by atoms with Crippen molar-refractivity contribution in [3.8, 4) is 0 Å². The third kappa shape index (κ3) is 3.11. The third-order valence-corrected chi connectivity index (χ3v) is 5.20. The molecule has 5 nitrogen and oxygen atoms in total. The molecule has 0 aliphatic carbocycles. The molecule has 0 amide bonds. The molecule has 0 saturated carbocycles. The van der Waals surface area contributed by atoms with E-state index in [-0.39, 0.29) is 17.5 Å². The Hall–Kier alpha value is -0.880. The maximum Gasteiger partial charge on any atom is 0.152 e. The SMILES string of the molecule is CCc1c(Cl)ncnc1NC1CCCS(=O)(=O)C1. The van der Waals surface area contributed by atoms with Gasteiger partial charge in [-0.05, 0) is 19.3 Å². The molecule has 1 N–H and O–H groups in total. The molecule has 0 bridgehead atoms. The Morgan fingerprint density at radius 3 is 2.94 bits per heavy atom. The number of nitrogens with zero attached hydrogens (tertiary/aromatic N) is 2. The number of rotatable bonds is 3. The van der Waals surface area contributed by atoms with Crippen molar-refractivity contribution in [2.45, 2.75) is 32.2 Å². The van der Waals surface area contributed by atoms with Crippen LogP contribution in [0.5, 0.6) is 0 Å². The molecule has 1 saturated heterocycles. The zero-order chi connectivity index (χ0) is 13.2. The van der Waals surface area contributed by atoms with E-state index >= 15 is 0 Å². The zero-order valence-corrected chi connectivity index (χ0v) is 11.8. The van der Waals surface area contributed by atoms with Crippen LogP contribution in [0.3, 0.4) is 0 Å². The summed E-state index contributed by atoms with van der Waals surface area (Å²) in [5.41, 5.74) is 0.835. The van der Waals surface area contributed by atoms with Crippen molar-refractivity contribution < 1.29 is 8.42 Å². The van der Waals surface area contributed by atoms with Gasteiger partial charge in [0.25, 0.3) is 0 Å². The first-order valence-corrected chi connectivity index (χ1v) is 8.18. The van der Waals surface area contributed by atoms with Gasteiger partial charge in [0.05, 0.1) is 11.5 Å². The molecule has 2 rings (SSSR count). The first-order valence-electron chi connectivity index (χ1n) is 5.98. The topological polar surface area (TPSA) is 72.0 Å². The molecule has 1 aromatic heterocycles. The molecule has 18 heavy (non-hydrogen) atoms. The predicted molar refractivity (Wildman–Crippen MR) is 71.7 cm³/mol. The van der Waals surface area contributed by atoms with Crippen LogP contribution in [0.15, 0.2) is 6.33 Å². The van der Waals surface area contributed by atoms with Crippen LogP contribution < -0.4 is 5.32 Å². The summed E-state index contributed by atoms with van der Waals surface area (Å²) >= 11 is 5.99. The van der Waals surface area contributed by atoms with Crippen LogP contribution in [0.1, 0.15) is 25.3 Å². The lowest BCUT2D eigenvalue weighted by Crippen LogP contribution is -2.35. The lowest BCUT2D eigenvalue weighted by molar-refractivity contribution is 0.561. The lowest BCUT2D eigenvalue weighted by atomic mass is 10.1. The fourth-order valence-corrected chi connectivity index (χ4v) is 4.06. The van der Waals surface area contributed by atoms with E-state index in [0.717, 1.165) is 12.0 Å². The fraction of sp³-hybridized carbons (Fsp3) is 0.636. The number of aromatic nitrogens is 2. The van der Waals surface area contributed by atoms with Gasteiger partial charge in [-0.15, -0.1) is 0 Å². The van der Waals surface area contributed by atoms with Crippen molar-refractivity contribution in [1.82, 2.24) is 9.97 Å². The Morgan fingerprint density at radius 1 is 1.50 bits per heavy atom. The van der Waals surface area contributed by atoms with E-state index < -0.39 is 9.84 Å². The molecular weight excluding hydrogens is 274 g/mol. The molecule has 1 aromatic rings. The van der Waals surface area contributed by atoms with Crippen LogP contribution >= 0.6 is 11.6 Å². The monoisotopic (exact) mass is 289 g/mol. The molecule has 1 atom stereocenters. The minimum absolute atomic E-state index is 0.0833. The predicted octanol–water partition coefficient (Wildman–Crippen LogP) is 1.68. The van der Waals surface area contributed by atoms with Gasteiger partial charge in [0.1, 0.15) is 17.3 Å². The molecule has 2 heterocycles. The number of anilines is 1. The number of hydrogen-bond acceptors (Lipinski definition) is 5. The van der Waals surface area contributed by atoms with Crippen molar-refractivity contribution in [2.75, 3.05) is 16.8 Å². The van der Waals surface area contributed by atoms with Crippen molar-refractivity contribution in [3.05, 3.63) is 17.0 Å². The lowest BCUT2D eigenvalue weighted by Gasteiger charge is -2.24. The standard InChI is InChI=1S/C11H16ClN3O2S/c1-2-9-10(12)13-7-14-11(9)15-8-4-3-5-18(16,17)6-8/h7-8H,2-6H2,1H3,(H,13,14,15). The van der Waals surface area contributed by atoms with E-state index in [1.807, 2.05) is 6.92 Å². The normalized spacial score (nSPS) is 22.7. The largest absolute Gasteiger partial charge is 0.366 e. The molecule has 100 valence electrons. The van der Waals surface area contributed by atoms with Crippen LogP contribution in [-0.4, -0.2) is 35.9 Å². The van der Waals surface area contributed by atoms with Crippen molar-refractivity contribution in [1.29, 1.82) is 0 Å². The summed E-state index contributed by atoms with van der Waals surface area (Å²) in [5.74, 6) is 1.10. The van der Waals surface area contributed by atoms with Gasteiger partial charge in [0, 0.05) is 11.6 Å². The van der Waals surface area contributed by atoms with E-state index in [1.54, 1.807) is 0 Å². The maximum absolute atomic E-state index is 11.6. The molecule has 1 fully saturated rings. The summed E-state index contributed by atoms with van der Waals surface area (Å²) in [6, 6.07) is -0.0833. The van der Waals surface area contributed by atoms with Crippen LogP contribution in [0.25, 0.3) is 0 Å². The third-order valence-electron chi connectivity index (χ3n) is 3.05. The van der Waals surface area contributed by atoms with Crippen LogP contribution in [0.4, 0.5) is 5.82 Å². The Bertz CT molecular complexity index is 533. The highest BCUT2D eigenvalue weighted by Crippen LogP contribution is 2.23. The van der Waals surface area contributed by atoms with E-state index in [1.165, 1.54) is 6.33 Å². The van der Waals surface area contributed by atoms with Gasteiger partial charge in [-0.3, -0.25) is 0 Å². The van der Waals surface area contributed by atoms with Crippen molar-refractivity contribution in [3.63, 3.8) is 0 Å². The Morgan fingerprint density at radius 2 is 2.28 bits per heavy atom. The fourth-order valence-electron chi connectivity index (χ4n) is 2.16. The van der Waals surface area contributed by atoms with E-state index in [4.69, 9.17) is 11.6 Å². The van der Waals surface area contributed by atoms with Crippen LogP contribution in [-0.2, 0) is 16.3 Å². The van der Waals surface area contributed by atoms with Gasteiger partial charge >= 0.3 is 0 Å². The molecule has 0 spiro atoms. The van der Waals surface area contributed by atoms with Crippen LogP contribution in [0, 0.1) is 0 Å². The molecule has 0 aromatic carbocycles. The highest BCUT2D eigenvalue weighted by Gasteiger charge is 2.25.